The molecule has 0 aromatic rings. The molecular weight excluding hydrogens is 494 g/mol. The van der Waals surface area contributed by atoms with Crippen LogP contribution in [0.25, 0.3) is 0 Å². The molecule has 0 spiro atoms. The van der Waals surface area contributed by atoms with Gasteiger partial charge in [0.05, 0.1) is 18.2 Å². The lowest BCUT2D eigenvalue weighted by Gasteiger charge is -2.44. The summed E-state index contributed by atoms with van der Waals surface area (Å²) in [6.07, 6.45) is -2.06. The van der Waals surface area contributed by atoms with E-state index in [0.29, 0.717) is 12.8 Å². The predicted octanol–water partition coefficient (Wildman–Crippen LogP) is 1.94. The average molecular weight is 540 g/mol. The minimum Gasteiger partial charge on any atom is -0.461 e. The topological polar surface area (TPSA) is 148 Å². The first kappa shape index (κ1) is 32.1. The number of hydrogen-bond donors (Lipinski definition) is 3. The molecule has 0 radical (unpaired) electrons. The van der Waals surface area contributed by atoms with Crippen molar-refractivity contribution in [1.29, 1.82) is 0 Å². The van der Waals surface area contributed by atoms with Gasteiger partial charge in [0.25, 0.3) is 0 Å². The van der Waals surface area contributed by atoms with Crippen LogP contribution in [-0.4, -0.2) is 76.5 Å². The van der Waals surface area contributed by atoms with Gasteiger partial charge in [-0.05, 0) is 38.7 Å². The number of amides is 1. The molecule has 1 saturated heterocycles. The highest BCUT2D eigenvalue weighted by Gasteiger charge is 2.46. The maximum Gasteiger partial charge on any atom is 0.316 e. The molecule has 0 aromatic heterocycles. The Balaban J connectivity index is 2.38. The fourth-order valence-electron chi connectivity index (χ4n) is 5.31. The molecule has 1 fully saturated rings. The van der Waals surface area contributed by atoms with Crippen LogP contribution in [-0.2, 0) is 33.4 Å². The van der Waals surface area contributed by atoms with Crippen molar-refractivity contribution in [3.05, 3.63) is 12.2 Å². The zero-order valence-electron chi connectivity index (χ0n) is 23.7. The summed E-state index contributed by atoms with van der Waals surface area (Å²) >= 11 is 0. The Kier molecular flexibility index (Phi) is 11.6. The van der Waals surface area contributed by atoms with Crippen molar-refractivity contribution in [3.8, 4) is 0 Å². The number of aliphatic hydroxyl groups excluding tert-OH is 2. The second-order valence-electron chi connectivity index (χ2n) is 11.0. The van der Waals surface area contributed by atoms with Crippen LogP contribution in [0.15, 0.2) is 12.2 Å². The number of Topliss-reactive ketones (excluding diaryl/α,β-unsaturated/α-hetero) is 1. The number of ether oxygens (including phenoxy) is 3. The standard InChI is InChI=1S/C28H45NO9/c1-9-21-13(2)10-11-20(31)14(3)12-15(4)26(16(5)23(32)17(6)27(35)37-21)38-28-25(34)24(33)22(18(7)36-28)29-19(8)30/h10-11,13-18,21-22,24-26,28,33-34H,9,12H2,1-8H3,(H,29,30)/b11-10+/t13-,14-,15+,16?,17-,18?,21-,22+,24?,25-,26+,28+/m1/s1. The maximum absolute atomic E-state index is 13.5. The number of ketones is 2. The summed E-state index contributed by atoms with van der Waals surface area (Å²) in [6.45, 7) is 13.5. The van der Waals surface area contributed by atoms with Gasteiger partial charge in [0, 0.05) is 24.7 Å². The largest absolute Gasteiger partial charge is 0.461 e. The van der Waals surface area contributed by atoms with E-state index >= 15 is 0 Å². The minimum atomic E-state index is -1.51. The van der Waals surface area contributed by atoms with Gasteiger partial charge in [-0.15, -0.1) is 0 Å². The molecule has 10 heteroatoms. The number of carbonyl (C=O) groups is 4. The van der Waals surface area contributed by atoms with Gasteiger partial charge in [0.15, 0.2) is 17.9 Å². The zero-order valence-corrected chi connectivity index (χ0v) is 23.7. The normalized spacial score (nSPS) is 42.6. The molecule has 0 aromatic carbocycles. The van der Waals surface area contributed by atoms with E-state index in [-0.39, 0.29) is 29.4 Å². The predicted molar refractivity (Wildman–Crippen MR) is 139 cm³/mol. The number of hydrogen-bond acceptors (Lipinski definition) is 9. The molecule has 3 N–H and O–H groups in total. The van der Waals surface area contributed by atoms with Gasteiger partial charge < -0.3 is 29.7 Å². The smallest absolute Gasteiger partial charge is 0.316 e. The molecule has 216 valence electrons. The molecule has 0 bridgehead atoms. The van der Waals surface area contributed by atoms with Crippen LogP contribution < -0.4 is 5.32 Å². The molecule has 2 aliphatic rings. The van der Waals surface area contributed by atoms with Crippen molar-refractivity contribution in [3.63, 3.8) is 0 Å². The monoisotopic (exact) mass is 539 g/mol. The second-order valence-corrected chi connectivity index (χ2v) is 11.0. The lowest BCUT2D eigenvalue weighted by molar-refractivity contribution is -0.293. The van der Waals surface area contributed by atoms with Crippen molar-refractivity contribution < 1.29 is 43.6 Å². The number of aliphatic hydroxyl groups is 2. The third-order valence-corrected chi connectivity index (χ3v) is 7.83. The Morgan fingerprint density at radius 3 is 2.29 bits per heavy atom. The molecule has 2 rings (SSSR count). The summed E-state index contributed by atoms with van der Waals surface area (Å²) < 4.78 is 17.7. The van der Waals surface area contributed by atoms with Crippen molar-refractivity contribution >= 4 is 23.4 Å². The summed E-state index contributed by atoms with van der Waals surface area (Å²) in [7, 11) is 0. The average Bonchev–Trinajstić information content (AvgIpc) is 2.86. The van der Waals surface area contributed by atoms with E-state index < -0.39 is 66.4 Å². The van der Waals surface area contributed by atoms with Crippen LogP contribution in [0.3, 0.4) is 0 Å². The molecule has 10 nitrogen and oxygen atoms in total. The van der Waals surface area contributed by atoms with Gasteiger partial charge in [0.2, 0.25) is 5.91 Å². The molecule has 2 heterocycles. The Bertz CT molecular complexity index is 890. The number of carbonyl (C=O) groups excluding carboxylic acids is 4. The van der Waals surface area contributed by atoms with Crippen molar-refractivity contribution in [2.75, 3.05) is 0 Å². The molecule has 12 atom stereocenters. The van der Waals surface area contributed by atoms with Crippen molar-refractivity contribution in [1.82, 2.24) is 5.32 Å². The Morgan fingerprint density at radius 1 is 1.08 bits per heavy atom. The van der Waals surface area contributed by atoms with Crippen molar-refractivity contribution in [2.24, 2.45) is 29.6 Å². The molecule has 38 heavy (non-hydrogen) atoms. The van der Waals surface area contributed by atoms with Crippen LogP contribution >= 0.6 is 0 Å². The van der Waals surface area contributed by atoms with E-state index in [2.05, 4.69) is 5.32 Å². The van der Waals surface area contributed by atoms with Crippen LogP contribution in [0.5, 0.6) is 0 Å². The minimum absolute atomic E-state index is 0.0934. The van der Waals surface area contributed by atoms with Crippen LogP contribution in [0, 0.1) is 29.6 Å². The van der Waals surface area contributed by atoms with Crippen LogP contribution in [0.4, 0.5) is 0 Å². The molecular formula is C28H45NO9. The number of esters is 1. The van der Waals surface area contributed by atoms with E-state index in [9.17, 15) is 29.4 Å². The lowest BCUT2D eigenvalue weighted by atomic mass is 9.80. The lowest BCUT2D eigenvalue weighted by Crippen LogP contribution is -2.63. The third kappa shape index (κ3) is 7.71. The Labute approximate surface area is 225 Å². The first-order valence-electron chi connectivity index (χ1n) is 13.6. The van der Waals surface area contributed by atoms with Gasteiger partial charge in [-0.1, -0.05) is 40.7 Å². The highest BCUT2D eigenvalue weighted by atomic mass is 16.7. The molecule has 2 aliphatic heterocycles. The highest BCUT2D eigenvalue weighted by molar-refractivity contribution is 6.00. The highest BCUT2D eigenvalue weighted by Crippen LogP contribution is 2.32. The number of allylic oxidation sites excluding steroid dienone is 1. The van der Waals surface area contributed by atoms with E-state index in [0.717, 1.165) is 0 Å². The number of nitrogens with one attached hydrogen (secondary N) is 1. The number of rotatable bonds is 4. The number of cyclic esters (lactones) is 1. The molecule has 0 saturated carbocycles. The summed E-state index contributed by atoms with van der Waals surface area (Å²) in [4.78, 5) is 50.8. The second kappa shape index (κ2) is 13.8. The summed E-state index contributed by atoms with van der Waals surface area (Å²) in [5, 5.41) is 24.0. The molecule has 1 amide bonds. The van der Waals surface area contributed by atoms with Gasteiger partial charge in [-0.25, -0.2) is 0 Å². The van der Waals surface area contributed by atoms with E-state index in [1.165, 1.54) is 19.9 Å². The van der Waals surface area contributed by atoms with Gasteiger partial charge >= 0.3 is 5.97 Å². The SMILES string of the molecule is CC[C@H]1OC(=O)[C@H](C)C(=O)C(C)[C@@H](O[C@@H]2OC(C)[C@H](NC(C)=O)C(O)[C@H]2O)[C@@H](C)C[C@@H](C)C(=O)/C=C/[C@H]1C. The molecule has 0 aliphatic carbocycles. The van der Waals surface area contributed by atoms with Crippen LogP contribution in [0.1, 0.15) is 68.2 Å². The molecule has 3 unspecified atom stereocenters. The fourth-order valence-corrected chi connectivity index (χ4v) is 5.31. The van der Waals surface area contributed by atoms with E-state index in [1.807, 2.05) is 20.8 Å². The fraction of sp³-hybridized carbons (Fsp3) is 0.786. The summed E-state index contributed by atoms with van der Waals surface area (Å²) in [5.41, 5.74) is 0. The van der Waals surface area contributed by atoms with Crippen LogP contribution in [0.2, 0.25) is 0 Å². The quantitative estimate of drug-likeness (QED) is 0.360. The van der Waals surface area contributed by atoms with E-state index in [1.54, 1.807) is 26.8 Å². The van der Waals surface area contributed by atoms with Gasteiger partial charge in [-0.2, -0.15) is 0 Å². The van der Waals surface area contributed by atoms with E-state index in [4.69, 9.17) is 14.2 Å². The Hall–Kier alpha value is -2.14. The first-order chi connectivity index (χ1) is 17.7. The van der Waals surface area contributed by atoms with Gasteiger partial charge in [0.1, 0.15) is 24.2 Å². The third-order valence-electron chi connectivity index (χ3n) is 7.83. The Morgan fingerprint density at radius 2 is 1.71 bits per heavy atom. The summed E-state index contributed by atoms with van der Waals surface area (Å²) in [5.74, 6) is -4.32. The maximum atomic E-state index is 13.5. The first-order valence-corrected chi connectivity index (χ1v) is 13.6. The summed E-state index contributed by atoms with van der Waals surface area (Å²) in [6, 6.07) is -0.851. The van der Waals surface area contributed by atoms with Gasteiger partial charge in [-0.3, -0.25) is 19.2 Å². The zero-order chi connectivity index (χ0) is 28.9. The van der Waals surface area contributed by atoms with Crippen molar-refractivity contribution in [2.45, 2.75) is 111 Å².